The second-order valence-corrected chi connectivity index (χ2v) is 0.408. The average Bonchev–Trinajstić information content (AvgIpc) is 0.918. The molecule has 2 heteroatoms. The number of methoxy groups -OCH3 is 1. The molecule has 4 heavy (non-hydrogen) atoms. The first-order valence-electron chi connectivity index (χ1n) is 0.816. The van der Waals surface area contributed by atoms with Gasteiger partial charge in [-0.3, -0.25) is 0 Å². The van der Waals surface area contributed by atoms with Crippen molar-refractivity contribution in [2.75, 3.05) is 14.2 Å². The Morgan fingerprint density at radius 2 is 1.25 bits per heavy atom. The van der Waals surface area contributed by atoms with Crippen molar-refractivity contribution in [2.24, 2.45) is 0 Å². The Bertz CT molecular complexity index is 6.00. The van der Waals surface area contributed by atoms with Gasteiger partial charge >= 0.3 is 0 Å². The fraction of sp³-hybridized carbons (Fsp3) is 1.00. The fourth-order valence-corrected chi connectivity index (χ4v) is 0. The van der Waals surface area contributed by atoms with E-state index in [1.807, 2.05) is 0 Å². The van der Waals surface area contributed by atoms with Crippen LogP contribution in [0.2, 0.25) is 0 Å². The van der Waals surface area contributed by atoms with E-state index in [4.69, 9.17) is 0 Å². The van der Waals surface area contributed by atoms with Crippen molar-refractivity contribution in [2.45, 2.75) is 0 Å². The van der Waals surface area contributed by atoms with E-state index in [-0.39, 0.29) is 37.7 Å². The summed E-state index contributed by atoms with van der Waals surface area (Å²) in [6.45, 7) is 0. The van der Waals surface area contributed by atoms with E-state index in [1.165, 1.54) is 0 Å². The zero-order valence-electron chi connectivity index (χ0n) is 3.12. The van der Waals surface area contributed by atoms with Crippen LogP contribution in [0.3, 0.4) is 0 Å². The van der Waals surface area contributed by atoms with E-state index < -0.39 is 0 Å². The first kappa shape index (κ1) is 8.97. The zero-order valence-corrected chi connectivity index (χ0v) is 5.32. The van der Waals surface area contributed by atoms with Crippen molar-refractivity contribution < 1.29 is 4.74 Å². The van der Waals surface area contributed by atoms with Gasteiger partial charge in [-0.25, -0.2) is 0 Å². The second-order valence-electron chi connectivity index (χ2n) is 0.408. The minimum atomic E-state index is 0. The van der Waals surface area contributed by atoms with Crippen LogP contribution in [0.1, 0.15) is 0 Å². The fourth-order valence-electron chi connectivity index (χ4n) is 0. The molecule has 0 aliphatic carbocycles. The molecule has 0 aromatic heterocycles. The van der Waals surface area contributed by atoms with Crippen molar-refractivity contribution in [1.29, 1.82) is 0 Å². The van der Waals surface area contributed by atoms with Gasteiger partial charge in [-0.2, -0.15) is 0 Å². The Hall–Kier alpha value is 1.22. The Kier molecular flexibility index (Phi) is 19.9. The summed E-state index contributed by atoms with van der Waals surface area (Å²) < 4.78 is 4.25. The molecule has 2 radical (unpaired) electrons. The van der Waals surface area contributed by atoms with E-state index >= 15 is 0 Å². The van der Waals surface area contributed by atoms with E-state index in [0.717, 1.165) is 0 Å². The van der Waals surface area contributed by atoms with Gasteiger partial charge in [0.25, 0.3) is 0 Å². The van der Waals surface area contributed by atoms with Gasteiger partial charge in [0.2, 0.25) is 0 Å². The molecule has 0 aliphatic heterocycles. The van der Waals surface area contributed by atoms with E-state index in [1.54, 1.807) is 14.2 Å². The van der Waals surface area contributed by atoms with Crippen LogP contribution in [0.25, 0.3) is 0 Å². The van der Waals surface area contributed by atoms with Crippen LogP contribution < -0.4 is 0 Å². The molecular formula is C2H6CaO. The minimum Gasteiger partial charge on any atom is -0.388 e. The van der Waals surface area contributed by atoms with E-state index in [0.29, 0.717) is 0 Å². The molecule has 0 aromatic carbocycles. The normalized spacial score (nSPS) is 4.50. The smallest absolute Gasteiger partial charge is 0.0351 e. The minimum absolute atomic E-state index is 0. The molecule has 0 rings (SSSR count). The Morgan fingerprint density at radius 3 is 1.25 bits per heavy atom. The van der Waals surface area contributed by atoms with Crippen LogP contribution >= 0.6 is 0 Å². The third-order valence-corrected chi connectivity index (χ3v) is 0. The monoisotopic (exact) mass is 86.0 g/mol. The third-order valence-electron chi connectivity index (χ3n) is 0. The maximum Gasteiger partial charge on any atom is 0.0351 e. The molecule has 0 bridgehead atoms. The molecule has 0 spiro atoms. The largest absolute Gasteiger partial charge is 0.388 e. The van der Waals surface area contributed by atoms with Gasteiger partial charge in [-0.1, -0.05) is 0 Å². The van der Waals surface area contributed by atoms with Gasteiger partial charge in [-0.05, 0) is 0 Å². The summed E-state index contributed by atoms with van der Waals surface area (Å²) in [6.07, 6.45) is 0. The molecule has 0 fully saturated rings. The molecule has 1 nitrogen and oxygen atoms in total. The van der Waals surface area contributed by atoms with Crippen molar-refractivity contribution >= 4 is 37.7 Å². The topological polar surface area (TPSA) is 9.23 Å². The van der Waals surface area contributed by atoms with E-state index in [9.17, 15) is 0 Å². The molecule has 0 saturated heterocycles. The molecule has 0 amide bonds. The zero-order chi connectivity index (χ0) is 2.71. The molecule has 0 heterocycles. The number of hydrogen-bond acceptors (Lipinski definition) is 1. The summed E-state index contributed by atoms with van der Waals surface area (Å²) in [6, 6.07) is 0. The molecule has 0 aliphatic rings. The molecule has 0 unspecified atom stereocenters. The third kappa shape index (κ3) is 10.7. The average molecular weight is 86.1 g/mol. The van der Waals surface area contributed by atoms with E-state index in [2.05, 4.69) is 4.74 Å². The summed E-state index contributed by atoms with van der Waals surface area (Å²) in [5.41, 5.74) is 0. The van der Waals surface area contributed by atoms with Gasteiger partial charge in [0.1, 0.15) is 0 Å². The Balaban J connectivity index is 0. The molecule has 0 aromatic rings. The molecule has 0 N–H and O–H groups in total. The van der Waals surface area contributed by atoms with Gasteiger partial charge in [0.15, 0.2) is 0 Å². The number of hydrogen-bond donors (Lipinski definition) is 0. The molecule has 0 saturated carbocycles. The predicted molar refractivity (Wildman–Crippen MR) is 18.7 cm³/mol. The van der Waals surface area contributed by atoms with Crippen LogP contribution in [-0.4, -0.2) is 52.0 Å². The summed E-state index contributed by atoms with van der Waals surface area (Å²) in [5.74, 6) is 0. The summed E-state index contributed by atoms with van der Waals surface area (Å²) in [4.78, 5) is 0. The molecular weight excluding hydrogens is 80.1 g/mol. The number of rotatable bonds is 0. The molecule has 22 valence electrons. The maximum absolute atomic E-state index is 4.25. The van der Waals surface area contributed by atoms with Gasteiger partial charge in [0, 0.05) is 52.0 Å². The van der Waals surface area contributed by atoms with Crippen molar-refractivity contribution in [1.82, 2.24) is 0 Å². The maximum atomic E-state index is 4.25. The predicted octanol–water partition coefficient (Wildman–Crippen LogP) is -0.118. The number of ether oxygens (including phenoxy) is 1. The Labute approximate surface area is 56.3 Å². The van der Waals surface area contributed by atoms with Gasteiger partial charge < -0.3 is 4.74 Å². The van der Waals surface area contributed by atoms with Crippen LogP contribution in [0.4, 0.5) is 0 Å². The van der Waals surface area contributed by atoms with Crippen molar-refractivity contribution in [3.63, 3.8) is 0 Å². The van der Waals surface area contributed by atoms with Crippen LogP contribution in [0.5, 0.6) is 0 Å². The first-order valence-corrected chi connectivity index (χ1v) is 0.816. The van der Waals surface area contributed by atoms with Crippen LogP contribution in [-0.2, 0) is 4.74 Å². The van der Waals surface area contributed by atoms with Crippen LogP contribution in [0.15, 0.2) is 0 Å². The first-order chi connectivity index (χ1) is 1.41. The Morgan fingerprint density at radius 1 is 1.25 bits per heavy atom. The summed E-state index contributed by atoms with van der Waals surface area (Å²) in [7, 11) is 3.25. The SMILES string of the molecule is COC.[Ca]. The van der Waals surface area contributed by atoms with Crippen molar-refractivity contribution in [3.05, 3.63) is 0 Å². The van der Waals surface area contributed by atoms with Gasteiger partial charge in [0.05, 0.1) is 0 Å². The van der Waals surface area contributed by atoms with Crippen molar-refractivity contribution in [3.8, 4) is 0 Å². The standard InChI is InChI=1S/C2H6O.Ca/c1-3-2;/h1-2H3;. The molecule has 0 atom stereocenters. The second kappa shape index (κ2) is 8.88. The van der Waals surface area contributed by atoms with Gasteiger partial charge in [-0.15, -0.1) is 0 Å². The van der Waals surface area contributed by atoms with Crippen LogP contribution in [0, 0.1) is 0 Å². The summed E-state index contributed by atoms with van der Waals surface area (Å²) >= 11 is 0. The quantitative estimate of drug-likeness (QED) is 0.373. The summed E-state index contributed by atoms with van der Waals surface area (Å²) in [5, 5.41) is 0.